The second-order valence-electron chi connectivity index (χ2n) is 10.0. The molecular formula is C30H30Cl2N2O3. The van der Waals surface area contributed by atoms with Crippen molar-refractivity contribution in [1.29, 1.82) is 0 Å². The van der Waals surface area contributed by atoms with E-state index in [1.807, 2.05) is 37.3 Å². The monoisotopic (exact) mass is 536 g/mol. The highest BCUT2D eigenvalue weighted by atomic mass is 35.5. The van der Waals surface area contributed by atoms with Gasteiger partial charge in [-0.15, -0.1) is 0 Å². The molecule has 0 aliphatic carbocycles. The third-order valence-corrected chi connectivity index (χ3v) is 7.90. The predicted molar refractivity (Wildman–Crippen MR) is 150 cm³/mol. The number of aryl methyl sites for hydroxylation is 1. The maximum absolute atomic E-state index is 12.6. The molecule has 1 fully saturated rings. The van der Waals surface area contributed by atoms with E-state index in [9.17, 15) is 4.79 Å². The molecular weight excluding hydrogens is 507 g/mol. The number of carbonyl (C=O) groups excluding carboxylic acids is 1. The minimum Gasteiger partial charge on any atom is -0.490 e. The molecule has 2 aliphatic heterocycles. The van der Waals surface area contributed by atoms with E-state index in [4.69, 9.17) is 32.7 Å². The van der Waals surface area contributed by atoms with Gasteiger partial charge in [-0.25, -0.2) is 0 Å². The van der Waals surface area contributed by atoms with Crippen molar-refractivity contribution in [2.24, 2.45) is 0 Å². The first-order valence-corrected chi connectivity index (χ1v) is 13.1. The lowest BCUT2D eigenvalue weighted by Gasteiger charge is -2.40. The van der Waals surface area contributed by atoms with Crippen molar-refractivity contribution in [3.8, 4) is 11.5 Å². The van der Waals surface area contributed by atoms with Crippen LogP contribution >= 0.6 is 23.2 Å². The second-order valence-corrected chi connectivity index (χ2v) is 10.9. The second kappa shape index (κ2) is 9.62. The van der Waals surface area contributed by atoms with Crippen LogP contribution in [0.5, 0.6) is 11.5 Å². The Hall–Kier alpha value is -3.15. The molecule has 3 aromatic rings. The topological polar surface area (TPSA) is 50.8 Å². The van der Waals surface area contributed by atoms with E-state index in [1.165, 1.54) is 11.1 Å². The van der Waals surface area contributed by atoms with E-state index in [1.54, 1.807) is 12.1 Å². The highest BCUT2D eigenvalue weighted by molar-refractivity contribution is 6.35. The average molecular weight is 537 g/mol. The van der Waals surface area contributed by atoms with Gasteiger partial charge in [-0.05, 0) is 61.4 Å². The quantitative estimate of drug-likeness (QED) is 0.356. The van der Waals surface area contributed by atoms with Crippen molar-refractivity contribution in [1.82, 2.24) is 5.32 Å². The molecule has 0 radical (unpaired) electrons. The summed E-state index contributed by atoms with van der Waals surface area (Å²) in [5.74, 6) is 1.29. The molecule has 3 aromatic carbocycles. The van der Waals surface area contributed by atoms with Crippen LogP contribution in [0.15, 0.2) is 60.7 Å². The number of nitrogens with one attached hydrogen (secondary N) is 1. The Bertz CT molecular complexity index is 1400. The highest BCUT2D eigenvalue weighted by Crippen LogP contribution is 2.53. The van der Waals surface area contributed by atoms with E-state index in [0.717, 1.165) is 16.8 Å². The van der Waals surface area contributed by atoms with Gasteiger partial charge in [-0.3, -0.25) is 4.79 Å². The van der Waals surface area contributed by atoms with Crippen molar-refractivity contribution >= 4 is 40.9 Å². The van der Waals surface area contributed by atoms with Crippen molar-refractivity contribution in [2.75, 3.05) is 18.1 Å². The van der Waals surface area contributed by atoms with Crippen LogP contribution in [0.2, 0.25) is 10.0 Å². The first kappa shape index (κ1) is 25.5. The van der Waals surface area contributed by atoms with E-state index in [0.29, 0.717) is 41.3 Å². The Kier molecular flexibility index (Phi) is 6.63. The molecule has 0 saturated carbocycles. The minimum absolute atomic E-state index is 0.0172. The zero-order chi connectivity index (χ0) is 26.4. The minimum atomic E-state index is -0.660. The summed E-state index contributed by atoms with van der Waals surface area (Å²) in [6.45, 7) is 9.53. The molecule has 0 spiro atoms. The zero-order valence-corrected chi connectivity index (χ0v) is 22.9. The predicted octanol–water partition coefficient (Wildman–Crippen LogP) is 6.92. The van der Waals surface area contributed by atoms with Gasteiger partial charge in [0.05, 0.1) is 13.2 Å². The number of benzene rings is 3. The molecule has 2 heterocycles. The molecule has 1 amide bonds. The normalized spacial score (nSPS) is 19.6. The third-order valence-electron chi connectivity index (χ3n) is 7.31. The summed E-state index contributed by atoms with van der Waals surface area (Å²) in [5.41, 5.74) is 4.32. The Balaban J connectivity index is 1.44. The molecule has 7 heteroatoms. The maximum Gasteiger partial charge on any atom is 0.241 e. The lowest BCUT2D eigenvalue weighted by Crippen LogP contribution is -2.58. The number of hydrogen-bond acceptors (Lipinski definition) is 4. The van der Waals surface area contributed by atoms with E-state index in [-0.39, 0.29) is 11.3 Å². The van der Waals surface area contributed by atoms with Crippen molar-refractivity contribution < 1.29 is 14.3 Å². The zero-order valence-electron chi connectivity index (χ0n) is 21.4. The summed E-state index contributed by atoms with van der Waals surface area (Å²) in [4.78, 5) is 14.8. The summed E-state index contributed by atoms with van der Waals surface area (Å²) >= 11 is 12.3. The number of fused-ring (bicyclic) bond motifs is 3. The van der Waals surface area contributed by atoms with E-state index >= 15 is 0 Å². The van der Waals surface area contributed by atoms with Gasteiger partial charge in [-0.2, -0.15) is 0 Å². The molecule has 5 rings (SSSR count). The van der Waals surface area contributed by atoms with Crippen LogP contribution in [0.3, 0.4) is 0 Å². The molecule has 1 atom stereocenters. The first-order chi connectivity index (χ1) is 17.6. The lowest BCUT2D eigenvalue weighted by molar-refractivity contribution is -0.118. The van der Waals surface area contributed by atoms with Gasteiger partial charge in [0.15, 0.2) is 11.5 Å². The van der Waals surface area contributed by atoms with Crippen LogP contribution < -0.4 is 19.7 Å². The Morgan fingerprint density at radius 2 is 1.84 bits per heavy atom. The molecule has 0 aromatic heterocycles. The van der Waals surface area contributed by atoms with E-state index in [2.05, 4.69) is 55.3 Å². The SMILES string of the molecule is CCOc1cc(C=CC23NC(=O)CN2c2ccc(C)cc2C3(C)C)ccc1OCc1ccc(Cl)cc1Cl. The Labute approximate surface area is 228 Å². The third kappa shape index (κ3) is 4.45. The summed E-state index contributed by atoms with van der Waals surface area (Å²) in [6, 6.07) is 17.6. The van der Waals surface area contributed by atoms with Crippen LogP contribution in [-0.2, 0) is 16.8 Å². The van der Waals surface area contributed by atoms with Gasteiger partial charge in [0, 0.05) is 26.7 Å². The molecule has 5 nitrogen and oxygen atoms in total. The van der Waals surface area contributed by atoms with Gasteiger partial charge >= 0.3 is 0 Å². The fourth-order valence-corrected chi connectivity index (χ4v) is 5.78. The lowest BCUT2D eigenvalue weighted by atomic mass is 9.75. The fraction of sp³-hybridized carbons (Fsp3) is 0.300. The summed E-state index contributed by atoms with van der Waals surface area (Å²) < 4.78 is 12.0. The van der Waals surface area contributed by atoms with Crippen molar-refractivity contribution in [3.05, 3.63) is 93.0 Å². The molecule has 1 unspecified atom stereocenters. The number of ether oxygens (including phenoxy) is 2. The molecule has 192 valence electrons. The summed E-state index contributed by atoms with van der Waals surface area (Å²) in [6.07, 6.45) is 4.15. The number of carbonyl (C=O) groups is 1. The van der Waals surface area contributed by atoms with E-state index < -0.39 is 5.66 Å². The number of halogens is 2. The number of amides is 1. The van der Waals surface area contributed by atoms with Crippen LogP contribution in [-0.4, -0.2) is 24.7 Å². The number of nitrogens with zero attached hydrogens (tertiary/aromatic N) is 1. The van der Waals surface area contributed by atoms with Crippen molar-refractivity contribution in [3.63, 3.8) is 0 Å². The molecule has 0 bridgehead atoms. The van der Waals surface area contributed by atoms with Gasteiger partial charge in [0.1, 0.15) is 12.3 Å². The maximum atomic E-state index is 12.6. The average Bonchev–Trinajstić information content (AvgIpc) is 3.27. The van der Waals surface area contributed by atoms with Crippen molar-refractivity contribution in [2.45, 2.75) is 45.4 Å². The Morgan fingerprint density at radius 1 is 1.03 bits per heavy atom. The standard InChI is InChI=1S/C30H30Cl2N2O3/c1-5-36-27-15-20(7-11-26(27)37-18-21-8-9-22(31)16-24(21)32)12-13-30-29(3,4)23-14-19(2)6-10-25(23)34(30)17-28(35)33-30/h6-16H,5,17-18H2,1-4H3,(H,33,35). The summed E-state index contributed by atoms with van der Waals surface area (Å²) in [7, 11) is 0. The summed E-state index contributed by atoms with van der Waals surface area (Å²) in [5, 5.41) is 4.42. The molecule has 2 aliphatic rings. The van der Waals surface area contributed by atoms with Gasteiger partial charge in [-0.1, -0.05) is 73.0 Å². The smallest absolute Gasteiger partial charge is 0.241 e. The molecule has 1 N–H and O–H groups in total. The van der Waals surface area contributed by atoms with Crippen LogP contribution in [0.4, 0.5) is 5.69 Å². The fourth-order valence-electron chi connectivity index (χ4n) is 5.31. The molecule has 37 heavy (non-hydrogen) atoms. The van der Waals surface area contributed by atoms with Gasteiger partial charge in [0.25, 0.3) is 0 Å². The number of anilines is 1. The largest absolute Gasteiger partial charge is 0.490 e. The highest BCUT2D eigenvalue weighted by Gasteiger charge is 2.59. The first-order valence-electron chi connectivity index (χ1n) is 12.4. The van der Waals surface area contributed by atoms with Crippen LogP contribution in [0.25, 0.3) is 6.08 Å². The Morgan fingerprint density at radius 3 is 2.59 bits per heavy atom. The van der Waals surface area contributed by atoms with Gasteiger partial charge < -0.3 is 19.7 Å². The molecule has 1 saturated heterocycles. The van der Waals surface area contributed by atoms with Gasteiger partial charge in [0.2, 0.25) is 5.91 Å². The number of hydrogen-bond donors (Lipinski definition) is 1. The van der Waals surface area contributed by atoms with Crippen LogP contribution in [0.1, 0.15) is 43.0 Å². The number of rotatable bonds is 7. The van der Waals surface area contributed by atoms with Crippen LogP contribution in [0, 0.1) is 6.92 Å².